The van der Waals surface area contributed by atoms with Crippen LogP contribution in [-0.4, -0.2) is 31.2 Å². The summed E-state index contributed by atoms with van der Waals surface area (Å²) in [5.41, 5.74) is 4.59. The maximum Gasteiger partial charge on any atom is 0.249 e. The fourth-order valence-corrected chi connectivity index (χ4v) is 3.23. The van der Waals surface area contributed by atoms with Crippen molar-refractivity contribution in [3.8, 4) is 17.2 Å². The van der Waals surface area contributed by atoms with E-state index in [1.165, 1.54) is 6.21 Å². The first-order valence-electron chi connectivity index (χ1n) is 11.5. The molecular weight excluding hydrogens is 482 g/mol. The van der Waals surface area contributed by atoms with Gasteiger partial charge in [0.05, 0.1) is 19.4 Å². The molecule has 0 heterocycles. The zero-order valence-electron chi connectivity index (χ0n) is 20.1. The SMILES string of the molecule is CCOc1ccc(NC(=O)CC(=O)NN=Cc2ccc(OCc3ccc(Cl)cc3)c(OCC)c2)cc1. The monoisotopic (exact) mass is 509 g/mol. The Kier molecular flexibility index (Phi) is 10.1. The molecule has 0 aliphatic rings. The zero-order valence-corrected chi connectivity index (χ0v) is 20.9. The molecule has 2 amide bonds. The molecule has 0 aliphatic carbocycles. The third-order valence-electron chi connectivity index (χ3n) is 4.75. The summed E-state index contributed by atoms with van der Waals surface area (Å²) in [5.74, 6) is 0.849. The molecule has 0 fully saturated rings. The first-order valence-corrected chi connectivity index (χ1v) is 11.8. The molecule has 0 aromatic heterocycles. The highest BCUT2D eigenvalue weighted by Gasteiger charge is 2.10. The summed E-state index contributed by atoms with van der Waals surface area (Å²) in [6, 6.07) is 19.6. The molecule has 8 nitrogen and oxygen atoms in total. The van der Waals surface area contributed by atoms with Crippen LogP contribution in [0, 0.1) is 0 Å². The van der Waals surface area contributed by atoms with E-state index in [0.29, 0.717) is 53.3 Å². The third kappa shape index (κ3) is 8.63. The zero-order chi connectivity index (χ0) is 25.8. The van der Waals surface area contributed by atoms with Crippen molar-refractivity contribution in [3.05, 3.63) is 82.9 Å². The number of hydrazone groups is 1. The van der Waals surface area contributed by atoms with Gasteiger partial charge in [0.15, 0.2) is 11.5 Å². The van der Waals surface area contributed by atoms with Crippen molar-refractivity contribution in [1.29, 1.82) is 0 Å². The van der Waals surface area contributed by atoms with Crippen LogP contribution in [0.15, 0.2) is 71.8 Å². The van der Waals surface area contributed by atoms with Crippen molar-refractivity contribution in [1.82, 2.24) is 5.43 Å². The molecule has 9 heteroatoms. The fourth-order valence-electron chi connectivity index (χ4n) is 3.10. The van der Waals surface area contributed by atoms with E-state index < -0.39 is 11.8 Å². The molecule has 0 unspecified atom stereocenters. The number of anilines is 1. The topological polar surface area (TPSA) is 98.2 Å². The average molecular weight is 510 g/mol. The standard InChI is InChI=1S/C27H28ClN3O5/c1-3-34-23-12-10-22(11-13-23)30-26(32)16-27(33)31-29-17-20-7-14-24(25(15-20)35-4-2)36-18-19-5-8-21(28)9-6-19/h5-15,17H,3-4,16,18H2,1-2H3,(H,30,32)(H,31,33). The van der Waals surface area contributed by atoms with Gasteiger partial charge in [0.25, 0.3) is 0 Å². The molecular formula is C27H28ClN3O5. The molecule has 0 saturated heterocycles. The van der Waals surface area contributed by atoms with Crippen LogP contribution in [-0.2, 0) is 16.2 Å². The largest absolute Gasteiger partial charge is 0.494 e. The van der Waals surface area contributed by atoms with E-state index in [1.54, 1.807) is 54.6 Å². The lowest BCUT2D eigenvalue weighted by Gasteiger charge is -2.12. The highest BCUT2D eigenvalue weighted by Crippen LogP contribution is 2.29. The minimum absolute atomic E-state index is 0.361. The van der Waals surface area contributed by atoms with Crippen LogP contribution in [0.4, 0.5) is 5.69 Å². The van der Waals surface area contributed by atoms with E-state index in [4.69, 9.17) is 25.8 Å². The fraction of sp³-hybridized carbons (Fsp3) is 0.222. The van der Waals surface area contributed by atoms with Crippen molar-refractivity contribution >= 4 is 35.3 Å². The molecule has 3 aromatic carbocycles. The summed E-state index contributed by atoms with van der Waals surface area (Å²) in [7, 11) is 0. The Morgan fingerprint density at radius 1 is 0.861 bits per heavy atom. The van der Waals surface area contributed by atoms with Gasteiger partial charge >= 0.3 is 0 Å². The Labute approximate surface area is 215 Å². The highest BCUT2D eigenvalue weighted by atomic mass is 35.5. The van der Waals surface area contributed by atoms with Gasteiger partial charge < -0.3 is 19.5 Å². The average Bonchev–Trinajstić information content (AvgIpc) is 2.86. The Hall–Kier alpha value is -4.04. The Morgan fingerprint density at radius 3 is 2.28 bits per heavy atom. The van der Waals surface area contributed by atoms with E-state index in [1.807, 2.05) is 26.0 Å². The molecule has 3 aromatic rings. The van der Waals surface area contributed by atoms with Gasteiger partial charge in [-0.15, -0.1) is 0 Å². The molecule has 0 atom stereocenters. The predicted molar refractivity (Wildman–Crippen MR) is 140 cm³/mol. The predicted octanol–water partition coefficient (Wildman–Crippen LogP) is 5.20. The minimum atomic E-state index is -0.539. The molecule has 0 saturated carbocycles. The number of amides is 2. The molecule has 3 rings (SSSR count). The molecule has 0 spiro atoms. The lowest BCUT2D eigenvalue weighted by Crippen LogP contribution is -2.24. The number of rotatable bonds is 12. The summed E-state index contributed by atoms with van der Waals surface area (Å²) >= 11 is 5.92. The molecule has 2 N–H and O–H groups in total. The number of ether oxygens (including phenoxy) is 3. The van der Waals surface area contributed by atoms with Crippen molar-refractivity contribution in [2.75, 3.05) is 18.5 Å². The number of carbonyl (C=O) groups excluding carboxylic acids is 2. The van der Waals surface area contributed by atoms with Crippen molar-refractivity contribution in [2.45, 2.75) is 26.9 Å². The molecule has 0 aliphatic heterocycles. The van der Waals surface area contributed by atoms with Crippen molar-refractivity contribution < 1.29 is 23.8 Å². The summed E-state index contributed by atoms with van der Waals surface area (Å²) < 4.78 is 16.9. The second-order valence-electron chi connectivity index (χ2n) is 7.53. The Bertz CT molecular complexity index is 1180. The first-order chi connectivity index (χ1) is 17.5. The quantitative estimate of drug-likeness (QED) is 0.199. The van der Waals surface area contributed by atoms with Crippen LogP contribution in [0.1, 0.15) is 31.4 Å². The van der Waals surface area contributed by atoms with Gasteiger partial charge in [-0.25, -0.2) is 5.43 Å². The van der Waals surface area contributed by atoms with Gasteiger partial charge in [0, 0.05) is 10.7 Å². The van der Waals surface area contributed by atoms with E-state index in [2.05, 4.69) is 15.8 Å². The summed E-state index contributed by atoms with van der Waals surface area (Å²) in [5, 5.41) is 7.26. The van der Waals surface area contributed by atoms with E-state index in [9.17, 15) is 9.59 Å². The lowest BCUT2D eigenvalue weighted by atomic mass is 10.2. The van der Waals surface area contributed by atoms with Crippen molar-refractivity contribution in [2.24, 2.45) is 5.10 Å². The summed E-state index contributed by atoms with van der Waals surface area (Å²) in [4.78, 5) is 24.2. The van der Waals surface area contributed by atoms with Gasteiger partial charge in [-0.2, -0.15) is 5.10 Å². The van der Waals surface area contributed by atoms with Crippen LogP contribution in [0.5, 0.6) is 17.2 Å². The van der Waals surface area contributed by atoms with Gasteiger partial charge in [0.1, 0.15) is 18.8 Å². The Morgan fingerprint density at radius 2 is 1.58 bits per heavy atom. The van der Waals surface area contributed by atoms with Gasteiger partial charge in [-0.3, -0.25) is 9.59 Å². The summed E-state index contributed by atoms with van der Waals surface area (Å²) in [6.45, 7) is 5.14. The van der Waals surface area contributed by atoms with E-state index >= 15 is 0 Å². The minimum Gasteiger partial charge on any atom is -0.494 e. The second-order valence-corrected chi connectivity index (χ2v) is 7.97. The third-order valence-corrected chi connectivity index (χ3v) is 5.00. The van der Waals surface area contributed by atoms with E-state index in [-0.39, 0.29) is 6.42 Å². The van der Waals surface area contributed by atoms with Crippen LogP contribution in [0.3, 0.4) is 0 Å². The molecule has 0 bridgehead atoms. The number of hydrogen-bond donors (Lipinski definition) is 2. The van der Waals surface area contributed by atoms with Crippen LogP contribution in [0.25, 0.3) is 0 Å². The number of hydrogen-bond acceptors (Lipinski definition) is 6. The molecule has 36 heavy (non-hydrogen) atoms. The number of carbonyl (C=O) groups is 2. The van der Waals surface area contributed by atoms with Gasteiger partial charge in [0.2, 0.25) is 11.8 Å². The van der Waals surface area contributed by atoms with Crippen molar-refractivity contribution in [3.63, 3.8) is 0 Å². The summed E-state index contributed by atoms with van der Waals surface area (Å²) in [6.07, 6.45) is 1.10. The highest BCUT2D eigenvalue weighted by molar-refractivity contribution is 6.30. The maximum absolute atomic E-state index is 12.1. The second kappa shape index (κ2) is 13.7. The lowest BCUT2D eigenvalue weighted by molar-refractivity contribution is -0.126. The van der Waals surface area contributed by atoms with Crippen LogP contribution >= 0.6 is 11.6 Å². The maximum atomic E-state index is 12.1. The smallest absolute Gasteiger partial charge is 0.249 e. The van der Waals surface area contributed by atoms with Gasteiger partial charge in [-0.05, 0) is 79.6 Å². The molecule has 188 valence electrons. The Balaban J connectivity index is 1.50. The van der Waals surface area contributed by atoms with Crippen LogP contribution in [0.2, 0.25) is 5.02 Å². The number of nitrogens with zero attached hydrogens (tertiary/aromatic N) is 1. The number of nitrogens with one attached hydrogen (secondary N) is 2. The van der Waals surface area contributed by atoms with Crippen LogP contribution < -0.4 is 25.0 Å². The van der Waals surface area contributed by atoms with Gasteiger partial charge in [-0.1, -0.05) is 23.7 Å². The number of halogens is 1. The first kappa shape index (κ1) is 26.6. The molecule has 0 radical (unpaired) electrons. The number of benzene rings is 3. The van der Waals surface area contributed by atoms with E-state index in [0.717, 1.165) is 5.56 Å². The normalized spacial score (nSPS) is 10.6.